The highest BCUT2D eigenvalue weighted by molar-refractivity contribution is 6.30. The molecule has 106 valence electrons. The Morgan fingerprint density at radius 1 is 1.15 bits per heavy atom. The number of benzene rings is 2. The van der Waals surface area contributed by atoms with E-state index in [2.05, 4.69) is 24.4 Å². The second-order valence-corrected chi connectivity index (χ2v) is 5.29. The lowest BCUT2D eigenvalue weighted by atomic mass is 10.0. The number of rotatable bonds is 6. The van der Waals surface area contributed by atoms with E-state index in [4.69, 9.17) is 16.3 Å². The summed E-state index contributed by atoms with van der Waals surface area (Å²) in [6.07, 6.45) is 0.894. The van der Waals surface area contributed by atoms with Crippen molar-refractivity contribution in [2.24, 2.45) is 0 Å². The summed E-state index contributed by atoms with van der Waals surface area (Å²) >= 11 is 6.03. The van der Waals surface area contributed by atoms with Crippen molar-refractivity contribution < 1.29 is 4.74 Å². The summed E-state index contributed by atoms with van der Waals surface area (Å²) in [5.74, 6) is 0.922. The summed E-state index contributed by atoms with van der Waals surface area (Å²) in [6, 6.07) is 16.3. The highest BCUT2D eigenvalue weighted by atomic mass is 35.5. The summed E-state index contributed by atoms with van der Waals surface area (Å²) in [5.41, 5.74) is 2.40. The van der Waals surface area contributed by atoms with Gasteiger partial charge in [-0.3, -0.25) is 0 Å². The van der Waals surface area contributed by atoms with Gasteiger partial charge in [-0.1, -0.05) is 35.9 Å². The molecule has 0 aliphatic carbocycles. The Morgan fingerprint density at radius 3 is 2.65 bits per heavy atom. The Kier molecular flexibility index (Phi) is 5.45. The van der Waals surface area contributed by atoms with Gasteiger partial charge in [0.25, 0.3) is 0 Å². The fraction of sp³-hybridized carbons (Fsp3) is 0.294. The van der Waals surface area contributed by atoms with Crippen molar-refractivity contribution in [3.63, 3.8) is 0 Å². The van der Waals surface area contributed by atoms with E-state index in [1.807, 2.05) is 43.4 Å². The highest BCUT2D eigenvalue weighted by Gasteiger charge is 2.09. The van der Waals surface area contributed by atoms with Gasteiger partial charge >= 0.3 is 0 Å². The Bertz CT molecular complexity index is 556. The maximum Gasteiger partial charge on any atom is 0.119 e. The molecule has 2 rings (SSSR count). The lowest BCUT2D eigenvalue weighted by Crippen LogP contribution is -2.19. The first-order valence-electron chi connectivity index (χ1n) is 6.81. The minimum Gasteiger partial charge on any atom is -0.494 e. The van der Waals surface area contributed by atoms with Gasteiger partial charge in [-0.15, -0.1) is 0 Å². The molecule has 0 aliphatic heterocycles. The van der Waals surface area contributed by atoms with Gasteiger partial charge < -0.3 is 10.1 Å². The molecule has 3 heteroatoms. The van der Waals surface area contributed by atoms with E-state index in [1.165, 1.54) is 11.1 Å². The van der Waals surface area contributed by atoms with Gasteiger partial charge in [-0.25, -0.2) is 0 Å². The third-order valence-corrected chi connectivity index (χ3v) is 3.50. The van der Waals surface area contributed by atoms with E-state index < -0.39 is 0 Å². The van der Waals surface area contributed by atoms with Crippen LogP contribution in [0.1, 0.15) is 23.6 Å². The summed E-state index contributed by atoms with van der Waals surface area (Å²) in [5, 5.41) is 4.07. The number of aryl methyl sites for hydroxylation is 1. The normalized spacial score (nSPS) is 12.2. The summed E-state index contributed by atoms with van der Waals surface area (Å²) in [7, 11) is 1.96. The molecule has 0 radical (unpaired) electrons. The predicted octanol–water partition coefficient (Wildman–Crippen LogP) is 4.38. The molecule has 0 fully saturated rings. The smallest absolute Gasteiger partial charge is 0.119 e. The summed E-state index contributed by atoms with van der Waals surface area (Å²) < 4.78 is 5.80. The molecule has 0 aliphatic rings. The second-order valence-electron chi connectivity index (χ2n) is 4.85. The van der Waals surface area contributed by atoms with E-state index in [1.54, 1.807) is 0 Å². The molecule has 1 atom stereocenters. The Morgan fingerprint density at radius 2 is 1.95 bits per heavy atom. The Labute approximate surface area is 125 Å². The zero-order valence-electron chi connectivity index (χ0n) is 11.9. The van der Waals surface area contributed by atoms with E-state index in [0.717, 1.165) is 17.2 Å². The molecular weight excluding hydrogens is 270 g/mol. The lowest BCUT2D eigenvalue weighted by molar-refractivity contribution is 0.290. The zero-order chi connectivity index (χ0) is 14.4. The van der Waals surface area contributed by atoms with Crippen LogP contribution in [0.15, 0.2) is 48.5 Å². The van der Waals surface area contributed by atoms with Crippen molar-refractivity contribution in [1.82, 2.24) is 5.32 Å². The largest absolute Gasteiger partial charge is 0.494 e. The van der Waals surface area contributed by atoms with Crippen molar-refractivity contribution in [1.29, 1.82) is 0 Å². The third-order valence-electron chi connectivity index (χ3n) is 3.26. The van der Waals surface area contributed by atoms with Crippen LogP contribution in [0.3, 0.4) is 0 Å². The predicted molar refractivity (Wildman–Crippen MR) is 84.5 cm³/mol. The molecule has 0 heterocycles. The Hall–Kier alpha value is -1.51. The van der Waals surface area contributed by atoms with Gasteiger partial charge in [-0.2, -0.15) is 0 Å². The van der Waals surface area contributed by atoms with Crippen LogP contribution in [-0.2, 0) is 0 Å². The molecule has 1 unspecified atom stereocenters. The highest BCUT2D eigenvalue weighted by Crippen LogP contribution is 2.21. The molecular formula is C17H20ClNO. The number of hydrogen-bond donors (Lipinski definition) is 1. The quantitative estimate of drug-likeness (QED) is 0.852. The van der Waals surface area contributed by atoms with Crippen molar-refractivity contribution in [3.05, 3.63) is 64.7 Å². The topological polar surface area (TPSA) is 21.3 Å². The fourth-order valence-corrected chi connectivity index (χ4v) is 2.40. The third kappa shape index (κ3) is 4.26. The first-order valence-corrected chi connectivity index (χ1v) is 7.19. The Balaban J connectivity index is 1.91. The molecule has 0 aromatic heterocycles. The fourth-order valence-electron chi connectivity index (χ4n) is 2.20. The van der Waals surface area contributed by atoms with Crippen LogP contribution in [0, 0.1) is 6.92 Å². The van der Waals surface area contributed by atoms with Crippen molar-refractivity contribution in [2.75, 3.05) is 13.7 Å². The van der Waals surface area contributed by atoms with Crippen LogP contribution in [0.2, 0.25) is 5.02 Å². The molecule has 0 amide bonds. The monoisotopic (exact) mass is 289 g/mol. The van der Waals surface area contributed by atoms with E-state index in [-0.39, 0.29) is 6.04 Å². The number of halogens is 1. The van der Waals surface area contributed by atoms with Gasteiger partial charge in [0.1, 0.15) is 5.75 Å². The average Bonchev–Trinajstić information content (AvgIpc) is 2.44. The van der Waals surface area contributed by atoms with E-state index in [9.17, 15) is 0 Å². The molecule has 0 saturated carbocycles. The summed E-state index contributed by atoms with van der Waals surface area (Å²) in [4.78, 5) is 0. The SMILES string of the molecule is CNC(CCOc1cccc(C)c1)c1cccc(Cl)c1. The molecule has 2 aromatic rings. The van der Waals surface area contributed by atoms with E-state index in [0.29, 0.717) is 6.61 Å². The molecule has 1 N–H and O–H groups in total. The maximum absolute atomic E-state index is 6.03. The number of ether oxygens (including phenoxy) is 1. The molecule has 2 aromatic carbocycles. The van der Waals surface area contributed by atoms with Crippen LogP contribution in [0.25, 0.3) is 0 Å². The van der Waals surface area contributed by atoms with Crippen LogP contribution in [0.5, 0.6) is 5.75 Å². The second kappa shape index (κ2) is 7.32. The van der Waals surface area contributed by atoms with Gasteiger partial charge in [0.15, 0.2) is 0 Å². The van der Waals surface area contributed by atoms with Crippen LogP contribution in [0.4, 0.5) is 0 Å². The lowest BCUT2D eigenvalue weighted by Gasteiger charge is -2.17. The van der Waals surface area contributed by atoms with Crippen molar-refractivity contribution in [3.8, 4) is 5.75 Å². The average molecular weight is 290 g/mol. The van der Waals surface area contributed by atoms with Crippen molar-refractivity contribution >= 4 is 11.6 Å². The molecule has 0 saturated heterocycles. The van der Waals surface area contributed by atoms with Crippen LogP contribution < -0.4 is 10.1 Å². The van der Waals surface area contributed by atoms with Gasteiger partial charge in [0.05, 0.1) is 6.61 Å². The molecule has 0 spiro atoms. The van der Waals surface area contributed by atoms with Crippen LogP contribution >= 0.6 is 11.6 Å². The summed E-state index contributed by atoms with van der Waals surface area (Å²) in [6.45, 7) is 2.73. The first kappa shape index (κ1) is 14.9. The van der Waals surface area contributed by atoms with Gasteiger partial charge in [-0.05, 0) is 49.4 Å². The first-order chi connectivity index (χ1) is 9.69. The van der Waals surface area contributed by atoms with Gasteiger partial charge in [0, 0.05) is 17.5 Å². The van der Waals surface area contributed by atoms with Crippen molar-refractivity contribution in [2.45, 2.75) is 19.4 Å². The molecule has 20 heavy (non-hydrogen) atoms. The number of nitrogens with one attached hydrogen (secondary N) is 1. The minimum atomic E-state index is 0.249. The minimum absolute atomic E-state index is 0.249. The molecule has 0 bridgehead atoms. The van der Waals surface area contributed by atoms with Gasteiger partial charge in [0.2, 0.25) is 0 Å². The van der Waals surface area contributed by atoms with E-state index >= 15 is 0 Å². The molecule has 2 nitrogen and oxygen atoms in total. The maximum atomic E-state index is 6.03. The number of hydrogen-bond acceptors (Lipinski definition) is 2. The standard InChI is InChI=1S/C17H20ClNO/c1-13-5-3-8-16(11-13)20-10-9-17(19-2)14-6-4-7-15(18)12-14/h3-8,11-12,17,19H,9-10H2,1-2H3. The zero-order valence-corrected chi connectivity index (χ0v) is 12.7. The van der Waals surface area contributed by atoms with Crippen LogP contribution in [-0.4, -0.2) is 13.7 Å².